The lowest BCUT2D eigenvalue weighted by atomic mass is 10.2. The lowest BCUT2D eigenvalue weighted by molar-refractivity contribution is -0.385. The van der Waals surface area contributed by atoms with E-state index in [1.165, 1.54) is 36.4 Å². The van der Waals surface area contributed by atoms with Gasteiger partial charge in [0.1, 0.15) is 17.2 Å². The highest BCUT2D eigenvalue weighted by molar-refractivity contribution is 8.18. The third-order valence-corrected chi connectivity index (χ3v) is 7.46. The van der Waals surface area contributed by atoms with Crippen LogP contribution in [0.4, 0.5) is 10.5 Å². The fourth-order valence-electron chi connectivity index (χ4n) is 3.57. The Balaban J connectivity index is 1.50. The second-order valence-corrected chi connectivity index (χ2v) is 10.3. The molecule has 0 bridgehead atoms. The summed E-state index contributed by atoms with van der Waals surface area (Å²) in [6, 6.07) is 10.2. The molecule has 11 nitrogen and oxygen atoms in total. The minimum absolute atomic E-state index is 0.0860. The number of likely N-dealkylation sites (tertiary alicyclic amines) is 1. The largest absolute Gasteiger partial charge is 0.379 e. The molecule has 4 rings (SSSR count). The molecule has 2 aromatic rings. The van der Waals surface area contributed by atoms with Crippen molar-refractivity contribution in [2.75, 3.05) is 19.6 Å². The van der Waals surface area contributed by atoms with Gasteiger partial charge in [-0.2, -0.15) is 8.42 Å². The Hall–Kier alpha value is -3.71. The van der Waals surface area contributed by atoms with Crippen LogP contribution in [0.5, 0.6) is 5.75 Å². The molecule has 13 heteroatoms. The monoisotopic (exact) mass is 517 g/mol. The second kappa shape index (κ2) is 9.88. The molecule has 0 radical (unpaired) electrons. The molecule has 35 heavy (non-hydrogen) atoms. The molecule has 0 spiro atoms. The van der Waals surface area contributed by atoms with E-state index in [4.69, 9.17) is 4.18 Å². The highest BCUT2D eigenvalue weighted by Gasteiger charge is 2.37. The van der Waals surface area contributed by atoms with E-state index < -0.39 is 31.9 Å². The van der Waals surface area contributed by atoms with Gasteiger partial charge in [-0.1, -0.05) is 18.2 Å². The number of imide groups is 1. The van der Waals surface area contributed by atoms with Gasteiger partial charge in [0.2, 0.25) is 5.91 Å². The molecule has 0 N–H and O–H groups in total. The zero-order valence-corrected chi connectivity index (χ0v) is 19.8. The normalized spacial score (nSPS) is 17.3. The fraction of sp³-hybridized carbons (Fsp3) is 0.227. The number of thioether (sulfide) groups is 1. The Morgan fingerprint density at radius 1 is 1.11 bits per heavy atom. The zero-order valence-electron chi connectivity index (χ0n) is 18.2. The molecule has 0 aliphatic carbocycles. The number of rotatable bonds is 7. The number of nitro benzene ring substituents is 1. The molecule has 182 valence electrons. The van der Waals surface area contributed by atoms with Gasteiger partial charge in [-0.3, -0.25) is 29.4 Å². The second-order valence-electron chi connectivity index (χ2n) is 7.72. The lowest BCUT2D eigenvalue weighted by Gasteiger charge is -2.18. The third kappa shape index (κ3) is 5.52. The number of hydrogen-bond donors (Lipinski definition) is 0. The highest BCUT2D eigenvalue weighted by atomic mass is 32.2. The first-order valence-corrected chi connectivity index (χ1v) is 12.7. The van der Waals surface area contributed by atoms with Crippen molar-refractivity contribution in [3.05, 3.63) is 69.1 Å². The molecular weight excluding hydrogens is 498 g/mol. The van der Waals surface area contributed by atoms with E-state index >= 15 is 0 Å². The third-order valence-electron chi connectivity index (χ3n) is 5.30. The SMILES string of the molecule is O=C(CN1C(=O)S/C(=C\c2cccc(OS(=O)(=O)c3cccc([N+](=O)[O-])c3)c2)C1=O)N1CCCC1. The molecule has 2 saturated heterocycles. The van der Waals surface area contributed by atoms with Crippen LogP contribution in [-0.4, -0.2) is 59.8 Å². The summed E-state index contributed by atoms with van der Waals surface area (Å²) in [6.07, 6.45) is 3.18. The summed E-state index contributed by atoms with van der Waals surface area (Å²) in [4.78, 5) is 49.8. The van der Waals surface area contributed by atoms with Gasteiger partial charge in [-0.25, -0.2) is 0 Å². The van der Waals surface area contributed by atoms with Gasteiger partial charge in [0, 0.05) is 25.2 Å². The first-order chi connectivity index (χ1) is 16.6. The molecule has 2 aromatic carbocycles. The van der Waals surface area contributed by atoms with Gasteiger partial charge >= 0.3 is 10.1 Å². The standard InChI is InChI=1S/C22H19N3O8S2/c26-20(23-9-1-2-10-23)14-24-21(27)19(34-22(24)28)12-15-5-3-7-17(11-15)33-35(31,32)18-8-4-6-16(13-18)25(29)30/h3-8,11-13H,1-2,9-10,14H2/b19-12-. The van der Waals surface area contributed by atoms with Crippen LogP contribution in [0.25, 0.3) is 6.08 Å². The average molecular weight is 518 g/mol. The molecule has 2 heterocycles. The summed E-state index contributed by atoms with van der Waals surface area (Å²) in [6.45, 7) is 0.889. The summed E-state index contributed by atoms with van der Waals surface area (Å²) in [5, 5.41) is 10.4. The van der Waals surface area contributed by atoms with Crippen molar-refractivity contribution in [2.45, 2.75) is 17.7 Å². The van der Waals surface area contributed by atoms with Gasteiger partial charge in [0.05, 0.1) is 9.83 Å². The van der Waals surface area contributed by atoms with Crippen LogP contribution >= 0.6 is 11.8 Å². The molecule has 0 saturated carbocycles. The number of amides is 3. The number of carbonyl (C=O) groups excluding carboxylic acids is 3. The van der Waals surface area contributed by atoms with Gasteiger partial charge in [-0.05, 0) is 54.4 Å². The fourth-order valence-corrected chi connectivity index (χ4v) is 5.37. The van der Waals surface area contributed by atoms with E-state index in [1.54, 1.807) is 11.0 Å². The van der Waals surface area contributed by atoms with Gasteiger partial charge in [0.15, 0.2) is 0 Å². The Morgan fingerprint density at radius 3 is 2.54 bits per heavy atom. The lowest BCUT2D eigenvalue weighted by Crippen LogP contribution is -2.40. The maximum atomic E-state index is 12.7. The minimum Gasteiger partial charge on any atom is -0.379 e. The number of benzene rings is 2. The van der Waals surface area contributed by atoms with Crippen molar-refractivity contribution in [2.24, 2.45) is 0 Å². The number of nitrogens with zero attached hydrogens (tertiary/aromatic N) is 3. The molecule has 2 aliphatic rings. The van der Waals surface area contributed by atoms with Crippen LogP contribution in [-0.2, 0) is 19.7 Å². The van der Waals surface area contributed by atoms with Crippen molar-refractivity contribution in [3.63, 3.8) is 0 Å². The smallest absolute Gasteiger partial charge is 0.339 e. The van der Waals surface area contributed by atoms with Crippen LogP contribution in [0.3, 0.4) is 0 Å². The molecular formula is C22H19N3O8S2. The van der Waals surface area contributed by atoms with Crippen molar-refractivity contribution >= 4 is 50.7 Å². The predicted molar refractivity (Wildman–Crippen MR) is 126 cm³/mol. The highest BCUT2D eigenvalue weighted by Crippen LogP contribution is 2.33. The molecule has 0 unspecified atom stereocenters. The average Bonchev–Trinajstić information content (AvgIpc) is 3.44. The van der Waals surface area contributed by atoms with Crippen LogP contribution in [0.1, 0.15) is 18.4 Å². The Kier molecular flexibility index (Phi) is 6.89. The summed E-state index contributed by atoms with van der Waals surface area (Å²) >= 11 is 0.686. The van der Waals surface area contributed by atoms with Crippen LogP contribution in [0, 0.1) is 10.1 Å². The molecule has 3 amide bonds. The van der Waals surface area contributed by atoms with Gasteiger partial charge in [0.25, 0.3) is 16.8 Å². The molecule has 2 aliphatic heterocycles. The van der Waals surface area contributed by atoms with Crippen LogP contribution in [0.2, 0.25) is 0 Å². The van der Waals surface area contributed by atoms with E-state index in [-0.39, 0.29) is 28.0 Å². The summed E-state index contributed by atoms with van der Waals surface area (Å²) in [5.41, 5.74) is -0.0181. The minimum atomic E-state index is -4.37. The van der Waals surface area contributed by atoms with E-state index in [1.807, 2.05) is 0 Å². The molecule has 0 atom stereocenters. The molecule has 0 aromatic heterocycles. The Bertz CT molecular complexity index is 1350. The van der Waals surface area contributed by atoms with E-state index in [0.29, 0.717) is 30.4 Å². The summed E-state index contributed by atoms with van der Waals surface area (Å²) < 4.78 is 30.3. The van der Waals surface area contributed by atoms with E-state index in [2.05, 4.69) is 0 Å². The van der Waals surface area contributed by atoms with Crippen molar-refractivity contribution in [3.8, 4) is 5.75 Å². The number of non-ortho nitro benzene ring substituents is 1. The van der Waals surface area contributed by atoms with Crippen LogP contribution < -0.4 is 4.18 Å². The Labute approximate surface area is 204 Å². The van der Waals surface area contributed by atoms with Gasteiger partial charge in [-0.15, -0.1) is 0 Å². The molecule has 2 fully saturated rings. The Morgan fingerprint density at radius 2 is 1.83 bits per heavy atom. The zero-order chi connectivity index (χ0) is 25.2. The van der Waals surface area contributed by atoms with Crippen molar-refractivity contribution < 1.29 is 31.9 Å². The van der Waals surface area contributed by atoms with Crippen molar-refractivity contribution in [1.29, 1.82) is 0 Å². The first kappa shape index (κ1) is 24.4. The number of hydrogen-bond acceptors (Lipinski definition) is 9. The summed E-state index contributed by atoms with van der Waals surface area (Å²) in [7, 11) is -4.37. The maximum absolute atomic E-state index is 12.7. The quantitative estimate of drug-likeness (QED) is 0.234. The van der Waals surface area contributed by atoms with Gasteiger partial charge < -0.3 is 9.08 Å². The van der Waals surface area contributed by atoms with E-state index in [9.17, 15) is 32.9 Å². The first-order valence-electron chi connectivity index (χ1n) is 10.5. The predicted octanol–water partition coefficient (Wildman–Crippen LogP) is 3.02. The summed E-state index contributed by atoms with van der Waals surface area (Å²) in [5.74, 6) is -0.982. The number of carbonyl (C=O) groups is 3. The van der Waals surface area contributed by atoms with E-state index in [0.717, 1.165) is 29.9 Å². The number of nitro groups is 1. The van der Waals surface area contributed by atoms with Crippen LogP contribution in [0.15, 0.2) is 58.3 Å². The van der Waals surface area contributed by atoms with Crippen molar-refractivity contribution in [1.82, 2.24) is 9.80 Å². The maximum Gasteiger partial charge on any atom is 0.339 e. The topological polar surface area (TPSA) is 144 Å².